The van der Waals surface area contributed by atoms with E-state index in [1.807, 2.05) is 19.1 Å². The predicted molar refractivity (Wildman–Crippen MR) is 120 cm³/mol. The number of hydrogen-bond acceptors (Lipinski definition) is 4. The lowest BCUT2D eigenvalue weighted by Gasteiger charge is -2.38. The minimum absolute atomic E-state index is 0.0520. The minimum Gasteiger partial charge on any atom is -0.497 e. The van der Waals surface area contributed by atoms with E-state index < -0.39 is 6.10 Å². The van der Waals surface area contributed by atoms with Gasteiger partial charge >= 0.3 is 6.03 Å². The Balaban J connectivity index is 1.39. The number of carbonyl (C=O) groups is 1. The normalized spacial score (nSPS) is 17.0. The molecule has 2 unspecified atom stereocenters. The van der Waals surface area contributed by atoms with Crippen molar-refractivity contribution in [3.63, 3.8) is 0 Å². The summed E-state index contributed by atoms with van der Waals surface area (Å²) in [6.45, 7) is 3.97. The van der Waals surface area contributed by atoms with Gasteiger partial charge in [-0.1, -0.05) is 18.2 Å². The van der Waals surface area contributed by atoms with Crippen LogP contribution >= 0.6 is 0 Å². The molecule has 2 aromatic rings. The maximum absolute atomic E-state index is 13.1. The summed E-state index contributed by atoms with van der Waals surface area (Å²) < 4.78 is 18.2. The molecular weight excluding hydrogens is 397 g/mol. The van der Waals surface area contributed by atoms with Crippen LogP contribution in [0.25, 0.3) is 0 Å². The second-order valence-electron chi connectivity index (χ2n) is 8.18. The fraction of sp³-hybridized carbons (Fsp3) is 0.458. The van der Waals surface area contributed by atoms with Crippen molar-refractivity contribution in [3.05, 3.63) is 59.9 Å². The molecule has 3 N–H and O–H groups in total. The van der Waals surface area contributed by atoms with Crippen LogP contribution in [0.3, 0.4) is 0 Å². The molecule has 0 aliphatic carbocycles. The number of aliphatic hydroxyl groups is 1. The fourth-order valence-electron chi connectivity index (χ4n) is 4.01. The summed E-state index contributed by atoms with van der Waals surface area (Å²) in [5.74, 6) is 1.03. The van der Waals surface area contributed by atoms with E-state index in [-0.39, 0.29) is 24.4 Å². The van der Waals surface area contributed by atoms with E-state index in [1.165, 1.54) is 17.7 Å². The van der Waals surface area contributed by atoms with Crippen molar-refractivity contribution in [2.45, 2.75) is 38.3 Å². The summed E-state index contributed by atoms with van der Waals surface area (Å²) in [6.07, 6.45) is 2.37. The number of benzene rings is 2. The van der Waals surface area contributed by atoms with Gasteiger partial charge in [-0.15, -0.1) is 0 Å². The molecule has 1 aliphatic heterocycles. The lowest BCUT2D eigenvalue weighted by Crippen LogP contribution is -2.50. The summed E-state index contributed by atoms with van der Waals surface area (Å²) in [5.41, 5.74) is 1.79. The van der Waals surface area contributed by atoms with Gasteiger partial charge in [-0.2, -0.15) is 0 Å². The topological polar surface area (TPSA) is 73.8 Å². The van der Waals surface area contributed by atoms with Crippen LogP contribution in [0.1, 0.15) is 25.3 Å². The standard InChI is InChI=1S/C24H32FN3O3/c1-17(23(29)16-26-24(30)27-21-4-3-5-22(15-21)31-2)28-12-10-19(11-13-28)14-18-6-8-20(25)9-7-18/h3-9,15,17,19,23,29H,10-14,16H2,1-2H3,(H2,26,27,30). The van der Waals surface area contributed by atoms with Gasteiger partial charge in [-0.05, 0) is 75.0 Å². The first kappa shape index (κ1) is 23.0. The second kappa shape index (κ2) is 11.1. The first-order valence-electron chi connectivity index (χ1n) is 10.8. The molecule has 2 aromatic carbocycles. The fourth-order valence-corrected chi connectivity index (χ4v) is 4.01. The number of halogens is 1. The van der Waals surface area contributed by atoms with Gasteiger partial charge in [0, 0.05) is 24.3 Å². The number of piperidine rings is 1. The molecule has 7 heteroatoms. The summed E-state index contributed by atoms with van der Waals surface area (Å²) in [4.78, 5) is 14.4. The largest absolute Gasteiger partial charge is 0.497 e. The van der Waals surface area contributed by atoms with Crippen LogP contribution in [0, 0.1) is 11.7 Å². The van der Waals surface area contributed by atoms with E-state index >= 15 is 0 Å². The van der Waals surface area contributed by atoms with Crippen LogP contribution in [0.2, 0.25) is 0 Å². The van der Waals surface area contributed by atoms with Gasteiger partial charge in [0.05, 0.1) is 13.2 Å². The molecule has 0 spiro atoms. The van der Waals surface area contributed by atoms with Gasteiger partial charge in [-0.3, -0.25) is 4.90 Å². The first-order valence-corrected chi connectivity index (χ1v) is 10.8. The number of rotatable bonds is 8. The molecule has 3 rings (SSSR count). The highest BCUT2D eigenvalue weighted by atomic mass is 19.1. The number of methoxy groups -OCH3 is 1. The Morgan fingerprint density at radius 2 is 1.94 bits per heavy atom. The van der Waals surface area contributed by atoms with Crippen LogP contribution in [-0.2, 0) is 6.42 Å². The van der Waals surface area contributed by atoms with Gasteiger partial charge in [0.2, 0.25) is 0 Å². The van der Waals surface area contributed by atoms with Gasteiger partial charge in [0.25, 0.3) is 0 Å². The lowest BCUT2D eigenvalue weighted by atomic mass is 9.89. The number of anilines is 1. The van der Waals surface area contributed by atoms with E-state index in [2.05, 4.69) is 15.5 Å². The van der Waals surface area contributed by atoms with Gasteiger partial charge in [0.15, 0.2) is 0 Å². The molecule has 1 aliphatic rings. The van der Waals surface area contributed by atoms with E-state index in [0.29, 0.717) is 17.4 Å². The van der Waals surface area contributed by atoms with Crippen molar-refractivity contribution in [2.75, 3.05) is 32.1 Å². The van der Waals surface area contributed by atoms with E-state index in [1.54, 1.807) is 31.4 Å². The Morgan fingerprint density at radius 1 is 1.23 bits per heavy atom. The first-order chi connectivity index (χ1) is 14.9. The maximum atomic E-state index is 13.1. The number of nitrogens with one attached hydrogen (secondary N) is 2. The summed E-state index contributed by atoms with van der Waals surface area (Å²) >= 11 is 0. The number of likely N-dealkylation sites (tertiary alicyclic amines) is 1. The summed E-state index contributed by atoms with van der Waals surface area (Å²) in [7, 11) is 1.57. The number of aliphatic hydroxyl groups excluding tert-OH is 1. The Kier molecular flexibility index (Phi) is 8.26. The zero-order valence-corrected chi connectivity index (χ0v) is 18.2. The predicted octanol–water partition coefficient (Wildman–Crippen LogP) is 3.66. The Hall–Kier alpha value is -2.64. The third kappa shape index (κ3) is 6.94. The zero-order chi connectivity index (χ0) is 22.2. The molecule has 0 saturated carbocycles. The Bertz CT molecular complexity index is 838. The molecule has 0 bridgehead atoms. The molecule has 1 fully saturated rings. The van der Waals surface area contributed by atoms with Crippen molar-refractivity contribution in [3.8, 4) is 5.75 Å². The molecule has 1 saturated heterocycles. The average molecular weight is 430 g/mol. The van der Waals surface area contributed by atoms with Crippen molar-refractivity contribution < 1.29 is 19.0 Å². The molecule has 31 heavy (non-hydrogen) atoms. The smallest absolute Gasteiger partial charge is 0.319 e. The quantitative estimate of drug-likeness (QED) is 0.599. The van der Waals surface area contributed by atoms with Gasteiger partial charge in [-0.25, -0.2) is 9.18 Å². The maximum Gasteiger partial charge on any atom is 0.319 e. The van der Waals surface area contributed by atoms with Crippen molar-refractivity contribution in [2.24, 2.45) is 5.92 Å². The van der Waals surface area contributed by atoms with Crippen LogP contribution in [0.15, 0.2) is 48.5 Å². The molecule has 2 atom stereocenters. The zero-order valence-electron chi connectivity index (χ0n) is 18.2. The van der Waals surface area contributed by atoms with E-state index in [0.717, 1.165) is 32.4 Å². The second-order valence-corrected chi connectivity index (χ2v) is 8.18. The highest BCUT2D eigenvalue weighted by Gasteiger charge is 2.27. The van der Waals surface area contributed by atoms with E-state index in [4.69, 9.17) is 4.74 Å². The highest BCUT2D eigenvalue weighted by molar-refractivity contribution is 5.89. The molecule has 2 amide bonds. The number of ether oxygens (including phenoxy) is 1. The third-order valence-electron chi connectivity index (χ3n) is 6.02. The molecular formula is C24H32FN3O3. The van der Waals surface area contributed by atoms with Crippen LogP contribution in [-0.4, -0.2) is 54.9 Å². The minimum atomic E-state index is -0.662. The van der Waals surface area contributed by atoms with Crippen molar-refractivity contribution in [1.29, 1.82) is 0 Å². The molecule has 0 radical (unpaired) electrons. The van der Waals surface area contributed by atoms with Crippen LogP contribution < -0.4 is 15.4 Å². The number of nitrogens with zero attached hydrogens (tertiary/aromatic N) is 1. The number of amides is 2. The Morgan fingerprint density at radius 3 is 2.61 bits per heavy atom. The van der Waals surface area contributed by atoms with Crippen LogP contribution in [0.4, 0.5) is 14.9 Å². The number of urea groups is 1. The molecule has 0 aromatic heterocycles. The lowest BCUT2D eigenvalue weighted by molar-refractivity contribution is 0.0398. The summed E-state index contributed by atoms with van der Waals surface area (Å²) in [6, 6.07) is 13.4. The van der Waals surface area contributed by atoms with Crippen molar-refractivity contribution in [1.82, 2.24) is 10.2 Å². The summed E-state index contributed by atoms with van der Waals surface area (Å²) in [5, 5.41) is 16.0. The SMILES string of the molecule is COc1cccc(NC(=O)NCC(O)C(C)N2CCC(Cc3ccc(F)cc3)CC2)c1. The molecule has 168 valence electrons. The van der Waals surface area contributed by atoms with Gasteiger partial charge in [0.1, 0.15) is 11.6 Å². The van der Waals surface area contributed by atoms with Crippen molar-refractivity contribution >= 4 is 11.7 Å². The Labute approximate surface area is 183 Å². The molecule has 1 heterocycles. The van der Waals surface area contributed by atoms with Gasteiger partial charge < -0.3 is 20.5 Å². The number of carbonyl (C=O) groups excluding carboxylic acids is 1. The molecule has 6 nitrogen and oxygen atoms in total. The monoisotopic (exact) mass is 429 g/mol. The average Bonchev–Trinajstić information content (AvgIpc) is 2.79. The number of hydrogen-bond donors (Lipinski definition) is 3. The van der Waals surface area contributed by atoms with E-state index in [9.17, 15) is 14.3 Å². The van der Waals surface area contributed by atoms with Crippen LogP contribution in [0.5, 0.6) is 5.75 Å². The third-order valence-corrected chi connectivity index (χ3v) is 6.02. The highest BCUT2D eigenvalue weighted by Crippen LogP contribution is 2.24.